The van der Waals surface area contributed by atoms with Crippen LogP contribution >= 0.6 is 0 Å². The number of likely N-dealkylation sites (tertiary alicyclic amines) is 1. The lowest BCUT2D eigenvalue weighted by molar-refractivity contribution is 0.314. The fraction of sp³-hybridized carbons (Fsp3) is 0.600. The number of nitrogens with two attached hydrogens (primary N) is 1. The summed E-state index contributed by atoms with van der Waals surface area (Å²) in [5.74, 6) is 2.90. The van der Waals surface area contributed by atoms with Crippen LogP contribution < -0.4 is 10.6 Å². The summed E-state index contributed by atoms with van der Waals surface area (Å²) >= 11 is 0. The van der Waals surface area contributed by atoms with E-state index in [9.17, 15) is 0 Å². The van der Waals surface area contributed by atoms with E-state index in [2.05, 4.69) is 46.7 Å². The lowest BCUT2D eigenvalue weighted by Gasteiger charge is -2.41. The van der Waals surface area contributed by atoms with Gasteiger partial charge in [0.25, 0.3) is 0 Å². The molecule has 0 amide bonds. The summed E-state index contributed by atoms with van der Waals surface area (Å²) in [7, 11) is 4.49. The van der Waals surface area contributed by atoms with Crippen molar-refractivity contribution in [3.63, 3.8) is 0 Å². The molecular formula is C20H28N4. The van der Waals surface area contributed by atoms with Crippen LogP contribution in [-0.4, -0.2) is 42.7 Å². The molecule has 2 atom stereocenters. The first-order valence-electron chi connectivity index (χ1n) is 9.45. The van der Waals surface area contributed by atoms with Gasteiger partial charge < -0.3 is 15.2 Å². The maximum atomic E-state index is 5.93. The molecule has 1 aromatic heterocycles. The van der Waals surface area contributed by atoms with Gasteiger partial charge in [-0.1, -0.05) is 6.07 Å². The molecule has 4 aliphatic heterocycles. The summed E-state index contributed by atoms with van der Waals surface area (Å²) < 4.78 is 2.43. The van der Waals surface area contributed by atoms with Crippen LogP contribution in [0.15, 0.2) is 18.2 Å². The van der Waals surface area contributed by atoms with Crippen molar-refractivity contribution in [2.24, 2.45) is 18.7 Å². The SMILES string of the molecule is CN1CC(CN)CC1c1ccc2c(c1)c1c(n2C)N2CCC1CC2. The van der Waals surface area contributed by atoms with Crippen LogP contribution in [0, 0.1) is 5.92 Å². The van der Waals surface area contributed by atoms with Gasteiger partial charge >= 0.3 is 0 Å². The van der Waals surface area contributed by atoms with Crippen molar-refractivity contribution >= 4 is 16.7 Å². The van der Waals surface area contributed by atoms with E-state index in [1.165, 1.54) is 54.6 Å². The summed E-state index contributed by atoms with van der Waals surface area (Å²) in [6.07, 6.45) is 3.85. The Hall–Kier alpha value is -1.52. The molecular weight excluding hydrogens is 296 g/mol. The van der Waals surface area contributed by atoms with E-state index in [1.54, 1.807) is 5.56 Å². The van der Waals surface area contributed by atoms with Gasteiger partial charge in [-0.15, -0.1) is 0 Å². The van der Waals surface area contributed by atoms with Gasteiger partial charge in [-0.25, -0.2) is 0 Å². The Bertz CT molecular complexity index is 785. The number of rotatable bonds is 2. The van der Waals surface area contributed by atoms with Gasteiger partial charge in [-0.3, -0.25) is 4.90 Å². The van der Waals surface area contributed by atoms with Crippen molar-refractivity contribution in [3.8, 4) is 0 Å². The number of hydrogen-bond donors (Lipinski definition) is 1. The molecule has 2 unspecified atom stereocenters. The number of piperidine rings is 1. The highest BCUT2D eigenvalue weighted by Crippen LogP contribution is 2.48. The van der Waals surface area contributed by atoms with Crippen molar-refractivity contribution in [1.82, 2.24) is 9.47 Å². The molecule has 0 aliphatic carbocycles. The molecule has 1 aromatic carbocycles. The number of aryl methyl sites for hydroxylation is 1. The van der Waals surface area contributed by atoms with E-state index in [0.29, 0.717) is 12.0 Å². The van der Waals surface area contributed by atoms with Crippen LogP contribution in [0.1, 0.15) is 42.3 Å². The number of aromatic nitrogens is 1. The lowest BCUT2D eigenvalue weighted by atomic mass is 9.84. The molecule has 0 radical (unpaired) electrons. The van der Waals surface area contributed by atoms with Crippen LogP contribution in [-0.2, 0) is 7.05 Å². The quantitative estimate of drug-likeness (QED) is 0.923. The molecule has 2 fully saturated rings. The third-order valence-corrected chi connectivity index (χ3v) is 6.79. The highest BCUT2D eigenvalue weighted by molar-refractivity contribution is 5.92. The van der Waals surface area contributed by atoms with Crippen LogP contribution in [0.2, 0.25) is 0 Å². The zero-order chi connectivity index (χ0) is 16.4. The second kappa shape index (κ2) is 5.24. The van der Waals surface area contributed by atoms with Crippen LogP contribution in [0.3, 0.4) is 0 Å². The summed E-state index contributed by atoms with van der Waals surface area (Å²) in [5, 5.41) is 1.50. The van der Waals surface area contributed by atoms with E-state index >= 15 is 0 Å². The molecule has 6 rings (SSSR count). The van der Waals surface area contributed by atoms with E-state index in [1.807, 2.05) is 0 Å². The first-order valence-corrected chi connectivity index (χ1v) is 9.45. The highest BCUT2D eigenvalue weighted by atomic mass is 15.3. The molecule has 4 nitrogen and oxygen atoms in total. The monoisotopic (exact) mass is 324 g/mol. The minimum atomic E-state index is 0.528. The number of nitrogens with zero attached hydrogens (tertiary/aromatic N) is 3. The Balaban J connectivity index is 1.63. The molecule has 2 N–H and O–H groups in total. The predicted molar refractivity (Wildman–Crippen MR) is 99.6 cm³/mol. The number of hydrogen-bond acceptors (Lipinski definition) is 3. The molecule has 128 valence electrons. The van der Waals surface area contributed by atoms with Gasteiger partial charge in [0.2, 0.25) is 0 Å². The van der Waals surface area contributed by atoms with Gasteiger partial charge in [-0.05, 0) is 62.4 Å². The van der Waals surface area contributed by atoms with Crippen molar-refractivity contribution in [3.05, 3.63) is 29.3 Å². The first-order chi connectivity index (χ1) is 11.7. The molecule has 2 bridgehead atoms. The average molecular weight is 324 g/mol. The first kappa shape index (κ1) is 14.8. The summed E-state index contributed by atoms with van der Waals surface area (Å²) in [6.45, 7) is 4.40. The predicted octanol–water partition coefficient (Wildman–Crippen LogP) is 2.83. The van der Waals surface area contributed by atoms with Gasteiger partial charge in [0.1, 0.15) is 5.82 Å². The number of anilines is 1. The second-order valence-corrected chi connectivity index (χ2v) is 8.13. The third kappa shape index (κ3) is 1.93. The second-order valence-electron chi connectivity index (χ2n) is 8.13. The summed E-state index contributed by atoms with van der Waals surface area (Å²) in [5.41, 5.74) is 10.4. The fourth-order valence-corrected chi connectivity index (χ4v) is 5.52. The fourth-order valence-electron chi connectivity index (χ4n) is 5.52. The van der Waals surface area contributed by atoms with E-state index in [0.717, 1.165) is 19.0 Å². The normalized spacial score (nSPS) is 27.4. The van der Waals surface area contributed by atoms with Crippen molar-refractivity contribution in [2.45, 2.75) is 31.2 Å². The molecule has 2 saturated heterocycles. The third-order valence-electron chi connectivity index (χ3n) is 6.79. The van der Waals surface area contributed by atoms with Crippen LogP contribution in [0.25, 0.3) is 10.9 Å². The molecule has 0 spiro atoms. The highest BCUT2D eigenvalue weighted by Gasteiger charge is 2.36. The Morgan fingerprint density at radius 1 is 1.17 bits per heavy atom. The zero-order valence-electron chi connectivity index (χ0n) is 14.8. The Labute approximate surface area is 144 Å². The van der Waals surface area contributed by atoms with E-state index < -0.39 is 0 Å². The Kier molecular flexibility index (Phi) is 3.23. The molecule has 0 saturated carbocycles. The lowest BCUT2D eigenvalue weighted by Crippen LogP contribution is -2.39. The maximum Gasteiger partial charge on any atom is 0.112 e. The van der Waals surface area contributed by atoms with E-state index in [4.69, 9.17) is 5.73 Å². The Morgan fingerprint density at radius 3 is 2.67 bits per heavy atom. The Morgan fingerprint density at radius 2 is 1.96 bits per heavy atom. The minimum Gasteiger partial charge on any atom is -0.358 e. The van der Waals surface area contributed by atoms with Gasteiger partial charge in [0.05, 0.1) is 0 Å². The number of fused-ring (bicyclic) bond motifs is 3. The van der Waals surface area contributed by atoms with Gasteiger partial charge in [0.15, 0.2) is 0 Å². The molecule has 2 aromatic rings. The smallest absolute Gasteiger partial charge is 0.112 e. The molecule has 5 heterocycles. The maximum absolute atomic E-state index is 5.93. The van der Waals surface area contributed by atoms with Crippen molar-refractivity contribution < 1.29 is 0 Å². The molecule has 4 heteroatoms. The van der Waals surface area contributed by atoms with E-state index in [-0.39, 0.29) is 0 Å². The average Bonchev–Trinajstić information content (AvgIpc) is 3.15. The number of benzene rings is 1. The van der Waals surface area contributed by atoms with Crippen molar-refractivity contribution in [1.29, 1.82) is 0 Å². The molecule has 24 heavy (non-hydrogen) atoms. The summed E-state index contributed by atoms with van der Waals surface area (Å²) in [4.78, 5) is 5.09. The van der Waals surface area contributed by atoms with Crippen LogP contribution in [0.5, 0.6) is 0 Å². The zero-order valence-corrected chi connectivity index (χ0v) is 14.8. The largest absolute Gasteiger partial charge is 0.358 e. The van der Waals surface area contributed by atoms with Crippen molar-refractivity contribution in [2.75, 3.05) is 38.1 Å². The topological polar surface area (TPSA) is 37.4 Å². The van der Waals surface area contributed by atoms with Gasteiger partial charge in [0, 0.05) is 49.2 Å². The van der Waals surface area contributed by atoms with Gasteiger partial charge in [-0.2, -0.15) is 0 Å². The van der Waals surface area contributed by atoms with Crippen LogP contribution in [0.4, 0.5) is 5.82 Å². The minimum absolute atomic E-state index is 0.528. The molecule has 4 aliphatic rings. The summed E-state index contributed by atoms with van der Waals surface area (Å²) in [6, 6.07) is 7.73. The standard InChI is InChI=1S/C20H28N4/c1-22-12-13(11-21)9-18(22)15-3-4-17-16(10-15)19-14-5-7-24(8-6-14)20(19)23(17)2/h3-4,10,13-14,18H,5-9,11-12,21H2,1-2H3.